The van der Waals surface area contributed by atoms with Gasteiger partial charge in [-0.3, -0.25) is 14.7 Å². The smallest absolute Gasteiger partial charge is 0.168 e. The Hall–Kier alpha value is -1.26. The first kappa shape index (κ1) is 10.3. The van der Waals surface area contributed by atoms with Gasteiger partial charge in [-0.2, -0.15) is 0 Å². The monoisotopic (exact) mass is 205 g/mol. The van der Waals surface area contributed by atoms with Crippen LogP contribution >= 0.6 is 0 Å². The van der Waals surface area contributed by atoms with E-state index in [1.165, 1.54) is 0 Å². The van der Waals surface area contributed by atoms with E-state index in [2.05, 4.69) is 15.2 Å². The van der Waals surface area contributed by atoms with Crippen molar-refractivity contribution in [1.29, 1.82) is 0 Å². The highest BCUT2D eigenvalue weighted by Gasteiger charge is 2.09. The quantitative estimate of drug-likeness (QED) is 0.721. The van der Waals surface area contributed by atoms with Gasteiger partial charge < -0.3 is 5.32 Å². The highest BCUT2D eigenvalue weighted by atomic mass is 16.1. The number of aromatic nitrogens is 1. The molecule has 2 heterocycles. The number of carbonyl (C=O) groups excluding carboxylic acids is 1. The maximum atomic E-state index is 10.6. The maximum absolute atomic E-state index is 10.6. The summed E-state index contributed by atoms with van der Waals surface area (Å²) in [5.74, 6) is 0. The Labute approximate surface area is 89.3 Å². The van der Waals surface area contributed by atoms with Crippen LogP contribution in [0, 0.1) is 0 Å². The van der Waals surface area contributed by atoms with E-state index in [1.807, 2.05) is 12.1 Å². The molecule has 0 aromatic carbocycles. The molecule has 0 radical (unpaired) electrons. The van der Waals surface area contributed by atoms with E-state index in [1.54, 1.807) is 6.20 Å². The van der Waals surface area contributed by atoms with E-state index in [-0.39, 0.29) is 0 Å². The third-order valence-electron chi connectivity index (χ3n) is 2.58. The van der Waals surface area contributed by atoms with Crippen LogP contribution in [0.3, 0.4) is 0 Å². The zero-order chi connectivity index (χ0) is 10.5. The molecule has 2 rings (SSSR count). The number of aldehydes is 1. The normalized spacial score (nSPS) is 17.6. The SMILES string of the molecule is O=Cc1cc(CN2CCNCC2)ccn1. The Kier molecular flexibility index (Phi) is 3.42. The molecule has 4 nitrogen and oxygen atoms in total. The number of hydrogen-bond acceptors (Lipinski definition) is 4. The van der Waals surface area contributed by atoms with E-state index in [0.717, 1.165) is 44.6 Å². The van der Waals surface area contributed by atoms with Crippen LogP contribution in [-0.4, -0.2) is 42.3 Å². The summed E-state index contributed by atoms with van der Waals surface area (Å²) in [6.45, 7) is 5.14. The van der Waals surface area contributed by atoms with E-state index in [0.29, 0.717) is 5.69 Å². The number of hydrogen-bond donors (Lipinski definition) is 1. The zero-order valence-electron chi connectivity index (χ0n) is 8.65. The van der Waals surface area contributed by atoms with Gasteiger partial charge in [0.15, 0.2) is 6.29 Å². The highest BCUT2D eigenvalue weighted by molar-refractivity contribution is 5.71. The third-order valence-corrected chi connectivity index (χ3v) is 2.58. The molecule has 1 aliphatic heterocycles. The second-order valence-electron chi connectivity index (χ2n) is 3.73. The Balaban J connectivity index is 1.99. The van der Waals surface area contributed by atoms with Gasteiger partial charge in [0.05, 0.1) is 0 Å². The maximum Gasteiger partial charge on any atom is 0.168 e. The third kappa shape index (κ3) is 2.84. The molecule has 1 N–H and O–H groups in total. The standard InChI is InChI=1S/C11H15N3O/c15-9-11-7-10(1-2-13-11)8-14-5-3-12-4-6-14/h1-2,7,9,12H,3-6,8H2. The average molecular weight is 205 g/mol. The van der Waals surface area contributed by atoms with Crippen molar-refractivity contribution in [3.8, 4) is 0 Å². The van der Waals surface area contributed by atoms with Gasteiger partial charge in [-0.05, 0) is 17.7 Å². The predicted molar refractivity (Wildman–Crippen MR) is 57.8 cm³/mol. The fourth-order valence-corrected chi connectivity index (χ4v) is 1.78. The molecule has 80 valence electrons. The first-order chi connectivity index (χ1) is 7.38. The minimum Gasteiger partial charge on any atom is -0.314 e. The van der Waals surface area contributed by atoms with Gasteiger partial charge in [0.1, 0.15) is 5.69 Å². The minimum absolute atomic E-state index is 0.516. The summed E-state index contributed by atoms with van der Waals surface area (Å²) >= 11 is 0. The molecular weight excluding hydrogens is 190 g/mol. The number of carbonyl (C=O) groups is 1. The molecule has 0 atom stereocenters. The number of pyridine rings is 1. The van der Waals surface area contributed by atoms with Gasteiger partial charge in [-0.1, -0.05) is 0 Å². The van der Waals surface area contributed by atoms with E-state index in [9.17, 15) is 4.79 Å². The van der Waals surface area contributed by atoms with Crippen LogP contribution in [0.5, 0.6) is 0 Å². The summed E-state index contributed by atoms with van der Waals surface area (Å²) in [7, 11) is 0. The number of rotatable bonds is 3. The molecule has 1 aliphatic rings. The van der Waals surface area contributed by atoms with Crippen LogP contribution in [0.15, 0.2) is 18.3 Å². The molecule has 1 saturated heterocycles. The van der Waals surface area contributed by atoms with Crippen molar-refractivity contribution in [2.75, 3.05) is 26.2 Å². The van der Waals surface area contributed by atoms with Gasteiger partial charge in [-0.15, -0.1) is 0 Å². The number of nitrogens with one attached hydrogen (secondary N) is 1. The Morgan fingerprint density at radius 1 is 1.47 bits per heavy atom. The number of nitrogens with zero attached hydrogens (tertiary/aromatic N) is 2. The fraction of sp³-hybridized carbons (Fsp3) is 0.455. The van der Waals surface area contributed by atoms with Crippen LogP contribution in [0.25, 0.3) is 0 Å². The summed E-state index contributed by atoms with van der Waals surface area (Å²) in [4.78, 5) is 16.9. The van der Waals surface area contributed by atoms with Crippen molar-refractivity contribution < 1.29 is 4.79 Å². The van der Waals surface area contributed by atoms with Crippen molar-refractivity contribution in [3.63, 3.8) is 0 Å². The van der Waals surface area contributed by atoms with Crippen molar-refractivity contribution in [1.82, 2.24) is 15.2 Å². The summed E-state index contributed by atoms with van der Waals surface area (Å²) < 4.78 is 0. The lowest BCUT2D eigenvalue weighted by Crippen LogP contribution is -2.42. The second-order valence-corrected chi connectivity index (χ2v) is 3.73. The van der Waals surface area contributed by atoms with Crippen LogP contribution in [0.4, 0.5) is 0 Å². The molecule has 1 aromatic rings. The van der Waals surface area contributed by atoms with Gasteiger partial charge in [0.2, 0.25) is 0 Å². The van der Waals surface area contributed by atoms with Crippen molar-refractivity contribution in [2.45, 2.75) is 6.54 Å². The molecule has 1 aromatic heterocycles. The molecule has 0 unspecified atom stereocenters. The van der Waals surface area contributed by atoms with Gasteiger partial charge in [0, 0.05) is 38.9 Å². The lowest BCUT2D eigenvalue weighted by atomic mass is 10.2. The highest BCUT2D eigenvalue weighted by Crippen LogP contribution is 2.05. The minimum atomic E-state index is 0.516. The fourth-order valence-electron chi connectivity index (χ4n) is 1.78. The van der Waals surface area contributed by atoms with E-state index < -0.39 is 0 Å². The first-order valence-corrected chi connectivity index (χ1v) is 5.21. The van der Waals surface area contributed by atoms with Crippen LogP contribution in [0.1, 0.15) is 16.1 Å². The first-order valence-electron chi connectivity index (χ1n) is 5.21. The van der Waals surface area contributed by atoms with Gasteiger partial charge in [0.25, 0.3) is 0 Å². The molecule has 1 fully saturated rings. The number of piperazine rings is 1. The summed E-state index contributed by atoms with van der Waals surface area (Å²) in [6, 6.07) is 3.82. The zero-order valence-corrected chi connectivity index (χ0v) is 8.65. The molecule has 0 saturated carbocycles. The molecule has 15 heavy (non-hydrogen) atoms. The van der Waals surface area contributed by atoms with Crippen molar-refractivity contribution in [2.24, 2.45) is 0 Å². The van der Waals surface area contributed by atoms with E-state index in [4.69, 9.17) is 0 Å². The largest absolute Gasteiger partial charge is 0.314 e. The van der Waals surface area contributed by atoms with Gasteiger partial charge in [-0.25, -0.2) is 0 Å². The summed E-state index contributed by atoms with van der Waals surface area (Å²) in [5, 5.41) is 3.31. The van der Waals surface area contributed by atoms with Crippen molar-refractivity contribution in [3.05, 3.63) is 29.6 Å². The van der Waals surface area contributed by atoms with E-state index >= 15 is 0 Å². The Morgan fingerprint density at radius 2 is 2.27 bits per heavy atom. The summed E-state index contributed by atoms with van der Waals surface area (Å²) in [6.07, 6.45) is 2.49. The lowest BCUT2D eigenvalue weighted by Gasteiger charge is -2.27. The topological polar surface area (TPSA) is 45.2 Å². The predicted octanol–water partition coefficient (Wildman–Crippen LogP) is 0.299. The Morgan fingerprint density at radius 3 is 3.00 bits per heavy atom. The van der Waals surface area contributed by atoms with Crippen LogP contribution in [-0.2, 0) is 6.54 Å². The lowest BCUT2D eigenvalue weighted by molar-refractivity contribution is 0.111. The molecule has 0 aliphatic carbocycles. The van der Waals surface area contributed by atoms with Crippen LogP contribution < -0.4 is 5.32 Å². The molecular formula is C11H15N3O. The van der Waals surface area contributed by atoms with Crippen molar-refractivity contribution >= 4 is 6.29 Å². The summed E-state index contributed by atoms with van der Waals surface area (Å²) in [5.41, 5.74) is 1.68. The molecule has 0 bridgehead atoms. The molecule has 0 amide bonds. The second kappa shape index (κ2) is 5.00. The Bertz CT molecular complexity index is 334. The van der Waals surface area contributed by atoms with Gasteiger partial charge >= 0.3 is 0 Å². The molecule has 0 spiro atoms. The average Bonchev–Trinajstić information content (AvgIpc) is 2.31. The molecule has 4 heteroatoms. The van der Waals surface area contributed by atoms with Crippen LogP contribution in [0.2, 0.25) is 0 Å².